The Labute approximate surface area is 175 Å². The summed E-state index contributed by atoms with van der Waals surface area (Å²) in [5.41, 5.74) is 3.96. The van der Waals surface area contributed by atoms with E-state index in [1.54, 1.807) is 30.5 Å². The first kappa shape index (κ1) is 18.5. The van der Waals surface area contributed by atoms with Crippen LogP contribution in [0.25, 0.3) is 21.1 Å². The van der Waals surface area contributed by atoms with Crippen LogP contribution in [-0.2, 0) is 11.4 Å². The molecule has 138 valence electrons. The Kier molecular flexibility index (Phi) is 5.31. The molecule has 2 aromatic heterocycles. The summed E-state index contributed by atoms with van der Waals surface area (Å²) in [5.74, 6) is 0. The number of imidazole rings is 1. The van der Waals surface area contributed by atoms with Crippen molar-refractivity contribution >= 4 is 51.4 Å². The van der Waals surface area contributed by atoms with Crippen LogP contribution < -0.4 is 0 Å². The molecule has 8 heteroatoms. The number of aromatic nitrogens is 2. The van der Waals surface area contributed by atoms with E-state index in [9.17, 15) is 0 Å². The topological polar surface area (TPSA) is 43.2 Å². The minimum absolute atomic E-state index is 0.272. The van der Waals surface area contributed by atoms with E-state index < -0.39 is 0 Å². The summed E-state index contributed by atoms with van der Waals surface area (Å²) in [5, 5.41) is 7.05. The fourth-order valence-electron chi connectivity index (χ4n) is 2.66. The highest BCUT2D eigenvalue weighted by molar-refractivity contribution is 7.15. The van der Waals surface area contributed by atoms with Crippen molar-refractivity contribution in [2.24, 2.45) is 5.16 Å². The van der Waals surface area contributed by atoms with E-state index in [2.05, 4.69) is 15.0 Å². The van der Waals surface area contributed by atoms with Crippen LogP contribution in [-0.4, -0.2) is 15.6 Å². The van der Waals surface area contributed by atoms with E-state index in [1.165, 1.54) is 11.3 Å². The third-order valence-corrected chi connectivity index (χ3v) is 5.53. The van der Waals surface area contributed by atoms with Crippen LogP contribution in [0.1, 0.15) is 11.3 Å². The fourth-order valence-corrected chi connectivity index (χ4v) is 3.70. The van der Waals surface area contributed by atoms with Crippen LogP contribution in [0.4, 0.5) is 5.69 Å². The molecule has 0 amide bonds. The summed E-state index contributed by atoms with van der Waals surface area (Å²) in [6.07, 6.45) is 3.58. The molecule has 2 aromatic carbocycles. The highest BCUT2D eigenvalue weighted by Gasteiger charge is 2.13. The second-order valence-corrected chi connectivity index (χ2v) is 7.50. The van der Waals surface area contributed by atoms with Gasteiger partial charge in [-0.15, -0.1) is 11.3 Å². The summed E-state index contributed by atoms with van der Waals surface area (Å²) in [6, 6.07) is 12.6. The van der Waals surface area contributed by atoms with E-state index in [1.807, 2.05) is 34.2 Å². The van der Waals surface area contributed by atoms with Gasteiger partial charge < -0.3 is 4.84 Å². The predicted octanol–water partition coefficient (Wildman–Crippen LogP) is 6.47. The molecule has 0 aliphatic carbocycles. The van der Waals surface area contributed by atoms with Gasteiger partial charge in [-0.2, -0.15) is 0 Å². The molecule has 0 spiro atoms. The largest absolute Gasteiger partial charge is 0.391 e. The Morgan fingerprint density at radius 3 is 2.75 bits per heavy atom. The van der Waals surface area contributed by atoms with Gasteiger partial charge in [0.2, 0.25) is 0 Å². The van der Waals surface area contributed by atoms with Gasteiger partial charge in [0, 0.05) is 11.6 Å². The third kappa shape index (κ3) is 3.73. The maximum Gasteiger partial charge on any atom is 0.194 e. The number of hydrogen-bond acceptors (Lipinski definition) is 4. The number of oxime groups is 1. The number of halogens is 2. The van der Waals surface area contributed by atoms with Crippen molar-refractivity contribution in [3.05, 3.63) is 86.8 Å². The predicted molar refractivity (Wildman–Crippen MR) is 114 cm³/mol. The first-order chi connectivity index (χ1) is 13.7. The zero-order valence-corrected chi connectivity index (χ0v) is 16.7. The first-order valence-electron chi connectivity index (χ1n) is 8.18. The van der Waals surface area contributed by atoms with Crippen molar-refractivity contribution in [1.82, 2.24) is 9.38 Å². The Balaban J connectivity index is 1.58. The Morgan fingerprint density at radius 2 is 2.00 bits per heavy atom. The summed E-state index contributed by atoms with van der Waals surface area (Å²) < 4.78 is 1.95. The van der Waals surface area contributed by atoms with Gasteiger partial charge in [-0.25, -0.2) is 9.83 Å². The monoisotopic (exact) mass is 426 g/mol. The quantitative estimate of drug-likeness (QED) is 0.208. The average molecular weight is 427 g/mol. The molecule has 0 radical (unpaired) electrons. The van der Waals surface area contributed by atoms with Crippen molar-refractivity contribution < 1.29 is 4.84 Å². The van der Waals surface area contributed by atoms with Crippen LogP contribution in [0.5, 0.6) is 0 Å². The standard InChI is InChI=1S/C20H12Cl2N4OS/c1-23-15-5-3-14(4-6-15)19-18(26-8-9-28-20(26)25-19)11-24-27-12-13-2-7-16(21)17(22)10-13/h2-11H,12H2/b24-11+. The van der Waals surface area contributed by atoms with Gasteiger partial charge in [-0.05, 0) is 23.3 Å². The van der Waals surface area contributed by atoms with E-state index in [-0.39, 0.29) is 6.61 Å². The minimum Gasteiger partial charge on any atom is -0.391 e. The number of fused-ring (bicyclic) bond motifs is 1. The number of nitrogens with zero attached hydrogens (tertiary/aromatic N) is 4. The zero-order valence-electron chi connectivity index (χ0n) is 14.3. The van der Waals surface area contributed by atoms with Gasteiger partial charge in [0.05, 0.1) is 34.2 Å². The lowest BCUT2D eigenvalue weighted by molar-refractivity contribution is 0.132. The van der Waals surface area contributed by atoms with E-state index in [0.717, 1.165) is 27.5 Å². The van der Waals surface area contributed by atoms with Crippen LogP contribution in [0.2, 0.25) is 10.0 Å². The molecule has 0 atom stereocenters. The molecule has 0 fully saturated rings. The van der Waals surface area contributed by atoms with Gasteiger partial charge in [-0.1, -0.05) is 58.7 Å². The number of hydrogen-bond donors (Lipinski definition) is 0. The molecule has 0 aliphatic rings. The fraction of sp³-hybridized carbons (Fsp3) is 0.0500. The molecule has 0 unspecified atom stereocenters. The van der Waals surface area contributed by atoms with Gasteiger partial charge in [0.1, 0.15) is 6.61 Å². The molecular formula is C20H12Cl2N4OS. The molecule has 4 aromatic rings. The highest BCUT2D eigenvalue weighted by atomic mass is 35.5. The minimum atomic E-state index is 0.272. The first-order valence-corrected chi connectivity index (χ1v) is 9.82. The summed E-state index contributed by atoms with van der Waals surface area (Å²) in [6.45, 7) is 7.36. The van der Waals surface area contributed by atoms with Crippen molar-refractivity contribution in [2.75, 3.05) is 0 Å². The second kappa shape index (κ2) is 8.03. The van der Waals surface area contributed by atoms with Crippen LogP contribution in [0, 0.1) is 6.57 Å². The van der Waals surface area contributed by atoms with E-state index in [4.69, 9.17) is 34.6 Å². The van der Waals surface area contributed by atoms with Gasteiger partial charge in [0.15, 0.2) is 10.6 Å². The molecule has 28 heavy (non-hydrogen) atoms. The van der Waals surface area contributed by atoms with Gasteiger partial charge >= 0.3 is 0 Å². The van der Waals surface area contributed by atoms with Crippen molar-refractivity contribution in [3.8, 4) is 11.3 Å². The molecule has 4 rings (SSSR count). The normalized spacial score (nSPS) is 11.2. The molecule has 0 aliphatic heterocycles. The third-order valence-electron chi connectivity index (χ3n) is 4.03. The molecular weight excluding hydrogens is 415 g/mol. The average Bonchev–Trinajstić information content (AvgIpc) is 3.30. The van der Waals surface area contributed by atoms with E-state index >= 15 is 0 Å². The highest BCUT2D eigenvalue weighted by Crippen LogP contribution is 2.27. The lowest BCUT2D eigenvalue weighted by atomic mass is 10.1. The maximum absolute atomic E-state index is 7.09. The Bertz CT molecular complexity index is 1210. The van der Waals surface area contributed by atoms with Crippen molar-refractivity contribution in [1.29, 1.82) is 0 Å². The lowest BCUT2D eigenvalue weighted by Crippen LogP contribution is -1.93. The smallest absolute Gasteiger partial charge is 0.194 e. The zero-order chi connectivity index (χ0) is 19.5. The SMILES string of the molecule is [C-]#[N+]c1ccc(-c2nc3sccn3c2/C=N/OCc2ccc(Cl)c(Cl)c2)cc1. The molecule has 0 saturated carbocycles. The molecule has 2 heterocycles. The number of thiazole rings is 1. The molecule has 0 bridgehead atoms. The van der Waals surface area contributed by atoms with Crippen LogP contribution >= 0.6 is 34.5 Å². The van der Waals surface area contributed by atoms with Crippen LogP contribution in [0.15, 0.2) is 59.2 Å². The number of benzene rings is 2. The Hall–Kier alpha value is -2.85. The van der Waals surface area contributed by atoms with Gasteiger partial charge in [-0.3, -0.25) is 4.40 Å². The molecule has 0 N–H and O–H groups in total. The second-order valence-electron chi connectivity index (χ2n) is 5.82. The molecule has 5 nitrogen and oxygen atoms in total. The Morgan fingerprint density at radius 1 is 1.18 bits per heavy atom. The van der Waals surface area contributed by atoms with Crippen molar-refractivity contribution in [3.63, 3.8) is 0 Å². The van der Waals surface area contributed by atoms with Crippen LogP contribution in [0.3, 0.4) is 0 Å². The van der Waals surface area contributed by atoms with Crippen molar-refractivity contribution in [2.45, 2.75) is 6.61 Å². The summed E-state index contributed by atoms with van der Waals surface area (Å²) >= 11 is 13.5. The van der Waals surface area contributed by atoms with E-state index in [0.29, 0.717) is 15.7 Å². The van der Waals surface area contributed by atoms with Gasteiger partial charge in [0.25, 0.3) is 0 Å². The molecule has 0 saturated heterocycles. The number of rotatable bonds is 5. The summed E-state index contributed by atoms with van der Waals surface area (Å²) in [7, 11) is 0. The lowest BCUT2D eigenvalue weighted by Gasteiger charge is -2.03. The maximum atomic E-state index is 7.09. The summed E-state index contributed by atoms with van der Waals surface area (Å²) in [4.78, 5) is 14.4.